The van der Waals surface area contributed by atoms with Gasteiger partial charge in [-0.25, -0.2) is 9.59 Å². The highest BCUT2D eigenvalue weighted by Gasteiger charge is 2.17. The number of rotatable bonds is 7. The molecule has 0 aliphatic rings. The second-order valence-corrected chi connectivity index (χ2v) is 7.83. The highest BCUT2D eigenvalue weighted by Crippen LogP contribution is 2.17. The first-order valence-electron chi connectivity index (χ1n) is 9.55. The molecule has 2 rings (SSSR count). The van der Waals surface area contributed by atoms with Crippen LogP contribution in [0.15, 0.2) is 48.5 Å². The van der Waals surface area contributed by atoms with Gasteiger partial charge in [0.2, 0.25) is 0 Å². The Hall–Kier alpha value is -3.02. The molecule has 0 aliphatic carbocycles. The summed E-state index contributed by atoms with van der Waals surface area (Å²) in [6.07, 6.45) is 0.249. The Morgan fingerprint density at radius 1 is 1.03 bits per heavy atom. The van der Waals surface area contributed by atoms with Crippen LogP contribution in [0.4, 0.5) is 4.79 Å². The van der Waals surface area contributed by atoms with E-state index < -0.39 is 11.7 Å². The molecule has 0 heterocycles. The Balaban J connectivity index is 1.89. The van der Waals surface area contributed by atoms with Crippen LogP contribution in [0.5, 0.6) is 5.75 Å². The van der Waals surface area contributed by atoms with E-state index in [-0.39, 0.29) is 18.6 Å². The van der Waals surface area contributed by atoms with Crippen LogP contribution in [0.2, 0.25) is 0 Å². The molecule has 0 aromatic heterocycles. The zero-order valence-electron chi connectivity index (χ0n) is 17.7. The van der Waals surface area contributed by atoms with Crippen LogP contribution in [-0.4, -0.2) is 30.8 Å². The molecule has 2 aromatic rings. The lowest BCUT2D eigenvalue weighted by Gasteiger charge is -2.22. The number of carbonyl (C=O) groups excluding carboxylic acids is 2. The predicted octanol–water partition coefficient (Wildman–Crippen LogP) is 4.51. The molecule has 0 spiro atoms. The van der Waals surface area contributed by atoms with E-state index in [0.29, 0.717) is 17.7 Å². The van der Waals surface area contributed by atoms with Gasteiger partial charge in [-0.2, -0.15) is 0 Å². The van der Waals surface area contributed by atoms with Gasteiger partial charge in [-0.1, -0.05) is 30.3 Å². The number of alkyl carbamates (subject to hydrolysis) is 1. The quantitative estimate of drug-likeness (QED) is 0.694. The lowest BCUT2D eigenvalue weighted by molar-refractivity contribution is 0.0507. The van der Waals surface area contributed by atoms with Crippen LogP contribution in [0, 0.1) is 0 Å². The molecule has 0 aliphatic heterocycles. The number of methoxy groups -OCH3 is 1. The average Bonchev–Trinajstić information content (AvgIpc) is 2.65. The Morgan fingerprint density at radius 3 is 2.31 bits per heavy atom. The largest absolute Gasteiger partial charge is 0.489 e. The fourth-order valence-electron chi connectivity index (χ4n) is 2.75. The standard InChI is InChI=1S/C23H29NO5/c1-16(24-22(26)29-23(2,3)4)14-17-10-12-19(13-11-17)28-15-18-8-6-7-9-20(18)21(25)27-5/h6-13,16H,14-15H2,1-5H3,(H,24,26)/t16-/m0/s1. The number of ether oxygens (including phenoxy) is 3. The molecule has 0 unspecified atom stereocenters. The maximum atomic E-state index is 11.8. The summed E-state index contributed by atoms with van der Waals surface area (Å²) in [4.78, 5) is 23.7. The molecule has 1 N–H and O–H groups in total. The molecule has 6 nitrogen and oxygen atoms in total. The number of hydrogen-bond acceptors (Lipinski definition) is 5. The average molecular weight is 399 g/mol. The van der Waals surface area contributed by atoms with E-state index in [1.807, 2.05) is 64.1 Å². The molecule has 1 atom stereocenters. The van der Waals surface area contributed by atoms with Crippen LogP contribution in [0.25, 0.3) is 0 Å². The molecule has 0 fully saturated rings. The molecular weight excluding hydrogens is 370 g/mol. The number of hydrogen-bond donors (Lipinski definition) is 1. The van der Waals surface area contributed by atoms with Gasteiger partial charge < -0.3 is 19.5 Å². The molecule has 6 heteroatoms. The first kappa shape index (κ1) is 22.3. The SMILES string of the molecule is COC(=O)c1ccccc1COc1ccc(C[C@H](C)NC(=O)OC(C)(C)C)cc1. The Kier molecular flexibility index (Phi) is 7.65. The van der Waals surface area contributed by atoms with Crippen molar-refractivity contribution in [3.8, 4) is 5.75 Å². The minimum Gasteiger partial charge on any atom is -0.489 e. The molecule has 156 valence electrons. The van der Waals surface area contributed by atoms with Crippen LogP contribution >= 0.6 is 0 Å². The van der Waals surface area contributed by atoms with Crippen molar-refractivity contribution in [2.45, 2.75) is 52.4 Å². The number of esters is 1. The molecule has 2 aromatic carbocycles. The van der Waals surface area contributed by atoms with E-state index >= 15 is 0 Å². The summed E-state index contributed by atoms with van der Waals surface area (Å²) < 4.78 is 15.9. The Bertz CT molecular complexity index is 824. The third kappa shape index (κ3) is 7.49. The van der Waals surface area contributed by atoms with Gasteiger partial charge in [0.15, 0.2) is 0 Å². The number of carbonyl (C=O) groups is 2. The van der Waals surface area contributed by atoms with E-state index in [9.17, 15) is 9.59 Å². The third-order valence-corrected chi connectivity index (χ3v) is 4.05. The van der Waals surface area contributed by atoms with Gasteiger partial charge in [-0.15, -0.1) is 0 Å². The van der Waals surface area contributed by atoms with E-state index in [0.717, 1.165) is 11.1 Å². The molecular formula is C23H29NO5. The summed E-state index contributed by atoms with van der Waals surface area (Å²) in [6, 6.07) is 14.8. The molecule has 1 amide bonds. The van der Waals surface area contributed by atoms with Crippen molar-refractivity contribution in [1.82, 2.24) is 5.32 Å². The van der Waals surface area contributed by atoms with E-state index in [1.165, 1.54) is 7.11 Å². The minimum absolute atomic E-state index is 0.0662. The maximum absolute atomic E-state index is 11.8. The van der Waals surface area contributed by atoms with Crippen molar-refractivity contribution in [2.75, 3.05) is 7.11 Å². The molecule has 29 heavy (non-hydrogen) atoms. The third-order valence-electron chi connectivity index (χ3n) is 4.05. The first-order valence-corrected chi connectivity index (χ1v) is 9.55. The van der Waals surface area contributed by atoms with Crippen molar-refractivity contribution in [2.24, 2.45) is 0 Å². The van der Waals surface area contributed by atoms with Gasteiger partial charge in [-0.3, -0.25) is 0 Å². The van der Waals surface area contributed by atoms with Gasteiger partial charge in [-0.05, 0) is 57.9 Å². The van der Waals surface area contributed by atoms with E-state index in [2.05, 4.69) is 5.32 Å². The van der Waals surface area contributed by atoms with Crippen LogP contribution < -0.4 is 10.1 Å². The summed E-state index contributed by atoms with van der Waals surface area (Å²) >= 11 is 0. The number of benzene rings is 2. The fraction of sp³-hybridized carbons (Fsp3) is 0.391. The Morgan fingerprint density at radius 2 is 1.69 bits per heavy atom. The highest BCUT2D eigenvalue weighted by molar-refractivity contribution is 5.90. The van der Waals surface area contributed by atoms with Gasteiger partial charge in [0.1, 0.15) is 18.0 Å². The van der Waals surface area contributed by atoms with Crippen LogP contribution in [0.1, 0.15) is 49.2 Å². The summed E-state index contributed by atoms with van der Waals surface area (Å²) in [5.41, 5.74) is 1.80. The van der Waals surface area contributed by atoms with Gasteiger partial charge in [0.05, 0.1) is 12.7 Å². The lowest BCUT2D eigenvalue weighted by Crippen LogP contribution is -2.38. The number of amides is 1. The highest BCUT2D eigenvalue weighted by atomic mass is 16.6. The summed E-state index contributed by atoms with van der Waals surface area (Å²) in [6.45, 7) is 7.69. The smallest absolute Gasteiger partial charge is 0.407 e. The Labute approximate surface area is 172 Å². The van der Waals surface area contributed by atoms with Gasteiger partial charge in [0.25, 0.3) is 0 Å². The monoisotopic (exact) mass is 399 g/mol. The van der Waals surface area contributed by atoms with Crippen LogP contribution in [0.3, 0.4) is 0 Å². The molecule has 0 radical (unpaired) electrons. The van der Waals surface area contributed by atoms with Crippen molar-refractivity contribution in [3.63, 3.8) is 0 Å². The summed E-state index contributed by atoms with van der Waals surface area (Å²) in [5.74, 6) is 0.312. The predicted molar refractivity (Wildman–Crippen MR) is 111 cm³/mol. The molecule has 0 saturated carbocycles. The normalized spacial score (nSPS) is 12.0. The summed E-state index contributed by atoms with van der Waals surface area (Å²) in [7, 11) is 1.36. The van der Waals surface area contributed by atoms with E-state index in [1.54, 1.807) is 12.1 Å². The zero-order chi connectivity index (χ0) is 21.4. The van der Waals surface area contributed by atoms with Gasteiger partial charge in [0, 0.05) is 11.6 Å². The number of nitrogens with one attached hydrogen (secondary N) is 1. The second-order valence-electron chi connectivity index (χ2n) is 7.83. The minimum atomic E-state index is -0.519. The van der Waals surface area contributed by atoms with Crippen molar-refractivity contribution in [3.05, 3.63) is 65.2 Å². The molecule has 0 bridgehead atoms. The molecule has 0 saturated heterocycles. The fourth-order valence-corrected chi connectivity index (χ4v) is 2.75. The first-order chi connectivity index (χ1) is 13.7. The van der Waals surface area contributed by atoms with Crippen molar-refractivity contribution >= 4 is 12.1 Å². The van der Waals surface area contributed by atoms with Crippen molar-refractivity contribution < 1.29 is 23.8 Å². The maximum Gasteiger partial charge on any atom is 0.407 e. The van der Waals surface area contributed by atoms with E-state index in [4.69, 9.17) is 14.2 Å². The second kappa shape index (κ2) is 9.96. The van der Waals surface area contributed by atoms with Crippen molar-refractivity contribution in [1.29, 1.82) is 0 Å². The zero-order valence-corrected chi connectivity index (χ0v) is 17.7. The van der Waals surface area contributed by atoms with Gasteiger partial charge >= 0.3 is 12.1 Å². The topological polar surface area (TPSA) is 73.9 Å². The summed E-state index contributed by atoms with van der Waals surface area (Å²) in [5, 5.41) is 2.83. The lowest BCUT2D eigenvalue weighted by atomic mass is 10.1. The van der Waals surface area contributed by atoms with Crippen LogP contribution in [-0.2, 0) is 22.5 Å².